The molecule has 1 amide bonds. The van der Waals surface area contributed by atoms with Crippen LogP contribution in [0.15, 0.2) is 41.3 Å². The van der Waals surface area contributed by atoms with Crippen molar-refractivity contribution < 1.29 is 14.3 Å². The summed E-state index contributed by atoms with van der Waals surface area (Å²) in [6.45, 7) is 6.06. The maximum absolute atomic E-state index is 12.2. The van der Waals surface area contributed by atoms with E-state index in [-0.39, 0.29) is 5.60 Å². The zero-order chi connectivity index (χ0) is 17.3. The van der Waals surface area contributed by atoms with Gasteiger partial charge in [0.05, 0.1) is 5.69 Å². The van der Waals surface area contributed by atoms with Crippen LogP contribution in [0.1, 0.15) is 25.0 Å². The van der Waals surface area contributed by atoms with Gasteiger partial charge in [-0.1, -0.05) is 12.1 Å². The molecular formula is C19H21NO3S. The minimum Gasteiger partial charge on any atom is -0.485 e. The van der Waals surface area contributed by atoms with Crippen LogP contribution in [0.25, 0.3) is 0 Å². The molecule has 0 aliphatic carbocycles. The Morgan fingerprint density at radius 3 is 2.79 bits per heavy atom. The number of hydrogen-bond donors (Lipinski definition) is 1. The molecule has 0 fully saturated rings. The van der Waals surface area contributed by atoms with E-state index >= 15 is 0 Å². The zero-order valence-electron chi connectivity index (χ0n) is 14.3. The van der Waals surface area contributed by atoms with Crippen molar-refractivity contribution in [1.82, 2.24) is 0 Å². The third-order valence-electron chi connectivity index (χ3n) is 3.90. The van der Waals surface area contributed by atoms with Crippen molar-refractivity contribution in [1.29, 1.82) is 0 Å². The third kappa shape index (κ3) is 3.51. The Balaban J connectivity index is 1.73. The number of aryl methyl sites for hydroxylation is 1. The van der Waals surface area contributed by atoms with Crippen LogP contribution < -0.4 is 14.8 Å². The Kier molecular flexibility index (Phi) is 4.45. The van der Waals surface area contributed by atoms with E-state index in [0.717, 1.165) is 23.3 Å². The highest BCUT2D eigenvalue weighted by molar-refractivity contribution is 7.98. The number of carbonyl (C=O) groups excluding carboxylic acids is 1. The molecule has 0 atom stereocenters. The first-order valence-electron chi connectivity index (χ1n) is 7.82. The summed E-state index contributed by atoms with van der Waals surface area (Å²) >= 11 is 1.67. The topological polar surface area (TPSA) is 47.6 Å². The molecule has 3 rings (SSSR count). The average Bonchev–Trinajstić information content (AvgIpc) is 2.82. The number of anilines is 1. The van der Waals surface area contributed by atoms with Gasteiger partial charge in [-0.25, -0.2) is 4.79 Å². The molecule has 24 heavy (non-hydrogen) atoms. The summed E-state index contributed by atoms with van der Waals surface area (Å²) in [5.41, 5.74) is 2.56. The van der Waals surface area contributed by atoms with E-state index in [1.807, 2.05) is 57.4 Å². The predicted octanol–water partition coefficient (Wildman–Crippen LogP) is 5.04. The van der Waals surface area contributed by atoms with Crippen molar-refractivity contribution in [2.75, 3.05) is 11.6 Å². The molecule has 126 valence electrons. The Morgan fingerprint density at radius 2 is 2.08 bits per heavy atom. The molecular weight excluding hydrogens is 322 g/mol. The fourth-order valence-corrected chi connectivity index (χ4v) is 3.46. The zero-order valence-corrected chi connectivity index (χ0v) is 15.1. The van der Waals surface area contributed by atoms with Gasteiger partial charge in [-0.3, -0.25) is 5.32 Å². The molecule has 4 nitrogen and oxygen atoms in total. The van der Waals surface area contributed by atoms with Gasteiger partial charge in [0, 0.05) is 16.9 Å². The number of thioether (sulfide) groups is 1. The Labute approximate surface area is 146 Å². The highest BCUT2D eigenvalue weighted by Gasteiger charge is 2.32. The number of ether oxygens (including phenoxy) is 2. The van der Waals surface area contributed by atoms with E-state index in [2.05, 4.69) is 5.32 Å². The molecule has 5 heteroatoms. The molecule has 0 radical (unpaired) electrons. The minimum atomic E-state index is -0.520. The molecule has 1 heterocycles. The Hall–Kier alpha value is -2.14. The Morgan fingerprint density at radius 1 is 1.29 bits per heavy atom. The fraction of sp³-hybridized carbons (Fsp3) is 0.316. The average molecular weight is 343 g/mol. The van der Waals surface area contributed by atoms with Gasteiger partial charge in [0.1, 0.15) is 17.1 Å². The van der Waals surface area contributed by atoms with Gasteiger partial charge in [0.25, 0.3) is 0 Å². The van der Waals surface area contributed by atoms with Crippen LogP contribution in [-0.2, 0) is 6.42 Å². The normalized spacial score (nSPS) is 14.7. The molecule has 0 spiro atoms. The first-order chi connectivity index (χ1) is 11.4. The third-order valence-corrected chi connectivity index (χ3v) is 4.80. The summed E-state index contributed by atoms with van der Waals surface area (Å²) < 4.78 is 11.3. The molecule has 2 aromatic rings. The number of nitrogens with one attached hydrogen (secondary N) is 1. The molecule has 2 aromatic carbocycles. The van der Waals surface area contributed by atoms with Crippen molar-refractivity contribution in [2.24, 2.45) is 0 Å². The van der Waals surface area contributed by atoms with Crippen molar-refractivity contribution in [3.8, 4) is 11.5 Å². The van der Waals surface area contributed by atoms with Crippen molar-refractivity contribution in [2.45, 2.75) is 37.7 Å². The lowest BCUT2D eigenvalue weighted by atomic mass is 10.0. The number of hydrogen-bond acceptors (Lipinski definition) is 4. The molecule has 1 N–H and O–H groups in total. The molecule has 1 aliphatic heterocycles. The fourth-order valence-electron chi connectivity index (χ4n) is 2.87. The van der Waals surface area contributed by atoms with Gasteiger partial charge in [-0.2, -0.15) is 0 Å². The molecule has 0 saturated carbocycles. The summed E-state index contributed by atoms with van der Waals surface area (Å²) in [6.07, 6.45) is 2.32. The second-order valence-corrected chi connectivity index (χ2v) is 7.33. The SMILES string of the molecule is CSc1ccc(OC(=O)Nc2cccc3c2OC(C)(C)C3)cc1C. The van der Waals surface area contributed by atoms with Gasteiger partial charge >= 0.3 is 6.09 Å². The van der Waals surface area contributed by atoms with Crippen LogP contribution in [0.4, 0.5) is 10.5 Å². The number of carbonyl (C=O) groups is 1. The van der Waals surface area contributed by atoms with Gasteiger partial charge in [0.2, 0.25) is 0 Å². The number of para-hydroxylation sites is 1. The van der Waals surface area contributed by atoms with E-state index in [1.165, 1.54) is 4.90 Å². The maximum Gasteiger partial charge on any atom is 0.417 e. The molecule has 0 saturated heterocycles. The highest BCUT2D eigenvalue weighted by atomic mass is 32.2. The number of rotatable bonds is 3. The van der Waals surface area contributed by atoms with Crippen LogP contribution in [0, 0.1) is 6.92 Å². The van der Waals surface area contributed by atoms with Gasteiger partial charge < -0.3 is 9.47 Å². The van der Waals surface area contributed by atoms with E-state index in [4.69, 9.17) is 9.47 Å². The van der Waals surface area contributed by atoms with E-state index in [1.54, 1.807) is 17.8 Å². The molecule has 1 aliphatic rings. The first-order valence-corrected chi connectivity index (χ1v) is 9.05. The summed E-state index contributed by atoms with van der Waals surface area (Å²) in [7, 11) is 0. The Bertz CT molecular complexity index is 786. The quantitative estimate of drug-likeness (QED) is 0.793. The van der Waals surface area contributed by atoms with E-state index in [9.17, 15) is 4.79 Å². The minimum absolute atomic E-state index is 0.255. The van der Waals surface area contributed by atoms with Crippen LogP contribution in [0.2, 0.25) is 0 Å². The maximum atomic E-state index is 12.2. The lowest BCUT2D eigenvalue weighted by molar-refractivity contribution is 0.139. The van der Waals surface area contributed by atoms with Gasteiger partial charge in [-0.05, 0) is 56.9 Å². The summed E-state index contributed by atoms with van der Waals surface area (Å²) in [6, 6.07) is 11.4. The van der Waals surface area contributed by atoms with Crippen molar-refractivity contribution in [3.05, 3.63) is 47.5 Å². The number of fused-ring (bicyclic) bond motifs is 1. The predicted molar refractivity (Wildman–Crippen MR) is 97.5 cm³/mol. The summed E-state index contributed by atoms with van der Waals surface area (Å²) in [5.74, 6) is 1.25. The number of amides is 1. The molecule has 0 bridgehead atoms. The number of benzene rings is 2. The van der Waals surface area contributed by atoms with Crippen molar-refractivity contribution >= 4 is 23.5 Å². The first kappa shape index (κ1) is 16.7. The smallest absolute Gasteiger partial charge is 0.417 e. The monoisotopic (exact) mass is 343 g/mol. The lowest BCUT2D eigenvalue weighted by Crippen LogP contribution is -2.25. The second kappa shape index (κ2) is 6.40. The molecule has 0 aromatic heterocycles. The van der Waals surface area contributed by atoms with Crippen LogP contribution in [0.3, 0.4) is 0 Å². The van der Waals surface area contributed by atoms with E-state index in [0.29, 0.717) is 11.4 Å². The van der Waals surface area contributed by atoms with Crippen LogP contribution in [-0.4, -0.2) is 18.0 Å². The van der Waals surface area contributed by atoms with Gasteiger partial charge in [-0.15, -0.1) is 11.8 Å². The highest BCUT2D eigenvalue weighted by Crippen LogP contribution is 2.40. The lowest BCUT2D eigenvalue weighted by Gasteiger charge is -2.18. The van der Waals surface area contributed by atoms with Gasteiger partial charge in [0.15, 0.2) is 0 Å². The molecule has 0 unspecified atom stereocenters. The van der Waals surface area contributed by atoms with Crippen LogP contribution >= 0.6 is 11.8 Å². The largest absolute Gasteiger partial charge is 0.485 e. The standard InChI is InChI=1S/C19H21NO3S/c1-12-10-14(8-9-16(12)24-4)22-18(21)20-15-7-5-6-13-11-19(2,3)23-17(13)15/h5-10H,11H2,1-4H3,(H,20,21). The van der Waals surface area contributed by atoms with Crippen LogP contribution in [0.5, 0.6) is 11.5 Å². The second-order valence-electron chi connectivity index (χ2n) is 6.48. The summed E-state index contributed by atoms with van der Waals surface area (Å²) in [4.78, 5) is 13.4. The van der Waals surface area contributed by atoms with E-state index < -0.39 is 6.09 Å². The summed E-state index contributed by atoms with van der Waals surface area (Å²) in [5, 5.41) is 2.79. The van der Waals surface area contributed by atoms with Crippen molar-refractivity contribution in [3.63, 3.8) is 0 Å².